The maximum atomic E-state index is 13.8. The number of hydrogen-bond donors (Lipinski definition) is 0. The first-order valence-electron chi connectivity index (χ1n) is 11.1. The van der Waals surface area contributed by atoms with Crippen LogP contribution < -0.4 is 9.96 Å². The fourth-order valence-corrected chi connectivity index (χ4v) is 7.41. The van der Waals surface area contributed by atoms with Crippen LogP contribution in [-0.4, -0.2) is 17.9 Å². The van der Waals surface area contributed by atoms with Gasteiger partial charge in [-0.05, 0) is 61.2 Å². The molecule has 2 saturated heterocycles. The third-order valence-corrected chi connectivity index (χ3v) is 8.99. The van der Waals surface area contributed by atoms with Crippen LogP contribution in [0, 0.1) is 24.2 Å². The van der Waals surface area contributed by atoms with Gasteiger partial charge in [-0.15, -0.1) is 22.7 Å². The predicted molar refractivity (Wildman–Crippen MR) is 127 cm³/mol. The lowest BCUT2D eigenvalue weighted by molar-refractivity contribution is -0.126. The van der Waals surface area contributed by atoms with E-state index in [1.165, 1.54) is 16.2 Å². The Morgan fingerprint density at radius 2 is 1.91 bits per heavy atom. The van der Waals surface area contributed by atoms with Gasteiger partial charge in [0.25, 0.3) is 5.91 Å². The molecule has 2 fully saturated rings. The van der Waals surface area contributed by atoms with E-state index >= 15 is 0 Å². The standard InChI is InChI=1S/C25H21N3O3S2/c1-14-7-2-4-9-17(14)28-21(19-11-6-12-32-19)20-22(31-28)24(30)27(23(20)29)25-16(13-26)15-8-3-5-10-18(15)33-25/h2,4,6-7,9,11-12,20-22H,3,5,8,10H2,1H3/t20-,21-,22-/m1/s1. The lowest BCUT2D eigenvalue weighted by atomic mass is 9.95. The highest BCUT2D eigenvalue weighted by atomic mass is 32.1. The van der Waals surface area contributed by atoms with E-state index in [4.69, 9.17) is 4.84 Å². The molecule has 2 aromatic heterocycles. The molecule has 0 radical (unpaired) electrons. The molecule has 4 heterocycles. The summed E-state index contributed by atoms with van der Waals surface area (Å²) in [7, 11) is 0. The van der Waals surface area contributed by atoms with Crippen molar-refractivity contribution in [1.82, 2.24) is 0 Å². The van der Waals surface area contributed by atoms with Crippen molar-refractivity contribution in [2.24, 2.45) is 5.92 Å². The van der Waals surface area contributed by atoms with Crippen molar-refractivity contribution in [3.63, 3.8) is 0 Å². The van der Waals surface area contributed by atoms with Crippen molar-refractivity contribution in [2.75, 3.05) is 9.96 Å². The molecule has 0 spiro atoms. The van der Waals surface area contributed by atoms with Gasteiger partial charge in [0.05, 0.1) is 11.3 Å². The third kappa shape index (κ3) is 3.00. The second-order valence-electron chi connectivity index (χ2n) is 8.64. The Morgan fingerprint density at radius 1 is 1.09 bits per heavy atom. The minimum absolute atomic E-state index is 0.283. The first-order chi connectivity index (χ1) is 16.1. The lowest BCUT2D eigenvalue weighted by Crippen LogP contribution is -2.37. The van der Waals surface area contributed by atoms with Gasteiger partial charge in [-0.2, -0.15) is 5.26 Å². The Labute approximate surface area is 199 Å². The second kappa shape index (κ2) is 7.80. The van der Waals surface area contributed by atoms with Crippen molar-refractivity contribution in [2.45, 2.75) is 44.8 Å². The number of benzene rings is 1. The minimum Gasteiger partial charge on any atom is -0.273 e. The summed E-state index contributed by atoms with van der Waals surface area (Å²) < 4.78 is 0. The Morgan fingerprint density at radius 3 is 2.67 bits per heavy atom. The molecule has 3 aromatic rings. The van der Waals surface area contributed by atoms with Crippen LogP contribution in [0.25, 0.3) is 0 Å². The molecule has 8 heteroatoms. The topological polar surface area (TPSA) is 73.6 Å². The number of amides is 2. The van der Waals surface area contributed by atoms with Crippen molar-refractivity contribution < 1.29 is 14.4 Å². The molecule has 2 amide bonds. The van der Waals surface area contributed by atoms with E-state index in [2.05, 4.69) is 6.07 Å². The van der Waals surface area contributed by atoms with Gasteiger partial charge in [0, 0.05) is 9.75 Å². The summed E-state index contributed by atoms with van der Waals surface area (Å²) in [5, 5.41) is 14.1. The first kappa shape index (κ1) is 20.6. The smallest absolute Gasteiger partial charge is 0.267 e. The van der Waals surface area contributed by atoms with E-state index in [0.717, 1.165) is 52.3 Å². The van der Waals surface area contributed by atoms with Crippen LogP contribution >= 0.6 is 22.7 Å². The van der Waals surface area contributed by atoms with Gasteiger partial charge in [-0.1, -0.05) is 24.3 Å². The molecule has 0 bridgehead atoms. The molecule has 3 aliphatic rings. The fraction of sp³-hybridized carbons (Fsp3) is 0.320. The van der Waals surface area contributed by atoms with Crippen LogP contribution in [-0.2, 0) is 27.3 Å². The molecule has 6 nitrogen and oxygen atoms in total. The monoisotopic (exact) mass is 475 g/mol. The Balaban J connectivity index is 1.44. The van der Waals surface area contributed by atoms with Gasteiger partial charge in [-0.3, -0.25) is 14.4 Å². The highest BCUT2D eigenvalue weighted by Gasteiger charge is 2.61. The van der Waals surface area contributed by atoms with Crippen LogP contribution in [0.2, 0.25) is 0 Å². The van der Waals surface area contributed by atoms with Gasteiger partial charge < -0.3 is 0 Å². The molecule has 0 unspecified atom stereocenters. The van der Waals surface area contributed by atoms with Crippen LogP contribution in [0.3, 0.4) is 0 Å². The van der Waals surface area contributed by atoms with Crippen LogP contribution in [0.1, 0.15) is 45.3 Å². The molecule has 166 valence electrons. The summed E-state index contributed by atoms with van der Waals surface area (Å²) in [6.07, 6.45) is 2.91. The Hall–Kier alpha value is -2.99. The zero-order chi connectivity index (χ0) is 22.7. The van der Waals surface area contributed by atoms with E-state index in [1.807, 2.05) is 48.7 Å². The number of carbonyl (C=O) groups is 2. The number of hydroxylamine groups is 1. The number of aryl methyl sites for hydroxylation is 2. The average molecular weight is 476 g/mol. The second-order valence-corrected chi connectivity index (χ2v) is 10.7. The molecule has 1 aromatic carbocycles. The number of anilines is 2. The third-order valence-electron chi connectivity index (χ3n) is 6.77. The Bertz CT molecular complexity index is 1310. The normalized spacial score (nSPS) is 24.2. The molecule has 33 heavy (non-hydrogen) atoms. The molecule has 2 aliphatic heterocycles. The molecular formula is C25H21N3O3S2. The van der Waals surface area contributed by atoms with Crippen LogP contribution in [0.15, 0.2) is 41.8 Å². The van der Waals surface area contributed by atoms with E-state index in [1.54, 1.807) is 16.4 Å². The minimum atomic E-state index is -0.908. The number of rotatable bonds is 3. The van der Waals surface area contributed by atoms with Gasteiger partial charge >= 0.3 is 0 Å². The van der Waals surface area contributed by atoms with Gasteiger partial charge in [0.15, 0.2) is 6.10 Å². The summed E-state index contributed by atoms with van der Waals surface area (Å²) in [6.45, 7) is 1.99. The summed E-state index contributed by atoms with van der Waals surface area (Å²) in [4.78, 5) is 37.0. The predicted octanol–water partition coefficient (Wildman–Crippen LogP) is 4.92. The molecular weight excluding hydrogens is 454 g/mol. The maximum Gasteiger partial charge on any atom is 0.267 e. The van der Waals surface area contributed by atoms with E-state index in [-0.39, 0.29) is 11.8 Å². The number of para-hydroxylation sites is 1. The zero-order valence-electron chi connectivity index (χ0n) is 18.0. The average Bonchev–Trinajstić information content (AvgIpc) is 3.58. The quantitative estimate of drug-likeness (QED) is 0.503. The van der Waals surface area contributed by atoms with E-state index in [9.17, 15) is 14.9 Å². The molecule has 0 N–H and O–H groups in total. The summed E-state index contributed by atoms with van der Waals surface area (Å²) in [5.41, 5.74) is 3.36. The van der Waals surface area contributed by atoms with Crippen molar-refractivity contribution in [3.05, 3.63) is 68.2 Å². The number of thiophene rings is 2. The highest BCUT2D eigenvalue weighted by Crippen LogP contribution is 2.51. The fourth-order valence-electron chi connectivity index (χ4n) is 5.21. The zero-order valence-corrected chi connectivity index (χ0v) is 19.6. The van der Waals surface area contributed by atoms with Crippen LogP contribution in [0.5, 0.6) is 0 Å². The number of carbonyl (C=O) groups excluding carboxylic acids is 2. The van der Waals surface area contributed by atoms with Crippen molar-refractivity contribution in [1.29, 1.82) is 5.26 Å². The van der Waals surface area contributed by atoms with Gasteiger partial charge in [-0.25, -0.2) is 9.96 Å². The first-order valence-corrected chi connectivity index (χ1v) is 12.8. The summed E-state index contributed by atoms with van der Waals surface area (Å²) in [5.74, 6) is -1.33. The van der Waals surface area contributed by atoms with Gasteiger partial charge in [0.2, 0.25) is 5.91 Å². The number of nitriles is 1. The lowest BCUT2D eigenvalue weighted by Gasteiger charge is -2.28. The van der Waals surface area contributed by atoms with Crippen molar-refractivity contribution in [3.8, 4) is 6.07 Å². The number of fused-ring (bicyclic) bond motifs is 2. The number of hydrogen-bond acceptors (Lipinski definition) is 7. The van der Waals surface area contributed by atoms with Crippen LogP contribution in [0.4, 0.5) is 10.7 Å². The molecule has 6 rings (SSSR count). The van der Waals surface area contributed by atoms with Gasteiger partial charge in [0.1, 0.15) is 23.0 Å². The molecule has 3 atom stereocenters. The van der Waals surface area contributed by atoms with E-state index < -0.39 is 18.1 Å². The maximum absolute atomic E-state index is 13.8. The summed E-state index contributed by atoms with van der Waals surface area (Å²) >= 11 is 2.97. The number of nitrogens with zero attached hydrogens (tertiary/aromatic N) is 3. The Kier molecular flexibility index (Phi) is 4.87. The summed E-state index contributed by atoms with van der Waals surface area (Å²) in [6, 6.07) is 13.6. The largest absolute Gasteiger partial charge is 0.273 e. The highest BCUT2D eigenvalue weighted by molar-refractivity contribution is 7.17. The van der Waals surface area contributed by atoms with Crippen molar-refractivity contribution >= 4 is 45.2 Å². The SMILES string of the molecule is Cc1ccccc1N1O[C@H]2C(=O)N(c3sc4c(c3C#N)CCCC4)C(=O)[C@@H]2[C@H]1c1cccs1. The number of imide groups is 1. The van der Waals surface area contributed by atoms with E-state index in [0.29, 0.717) is 10.6 Å². The molecule has 0 saturated carbocycles. The molecule has 1 aliphatic carbocycles.